The summed E-state index contributed by atoms with van der Waals surface area (Å²) in [6.07, 6.45) is 0. The number of benzene rings is 2. The van der Waals surface area contributed by atoms with E-state index < -0.39 is 23.4 Å². The molecule has 27 heavy (non-hydrogen) atoms. The van der Waals surface area contributed by atoms with Crippen molar-refractivity contribution in [2.75, 3.05) is 11.1 Å². The van der Waals surface area contributed by atoms with E-state index in [0.29, 0.717) is 29.2 Å². The molecule has 3 rings (SSSR count). The number of amides is 1. The first-order valence-corrected chi connectivity index (χ1v) is 9.04. The lowest BCUT2D eigenvalue weighted by Crippen LogP contribution is -2.15. The van der Waals surface area contributed by atoms with Crippen LogP contribution >= 0.6 is 11.8 Å². The first-order chi connectivity index (χ1) is 13.0. The quantitative estimate of drug-likeness (QED) is 0.642. The zero-order valence-corrected chi connectivity index (χ0v) is 15.1. The number of hydrogen-bond donors (Lipinski definition) is 1. The average molecular weight is 392 g/mol. The van der Waals surface area contributed by atoms with Crippen LogP contribution in [0.2, 0.25) is 0 Å². The van der Waals surface area contributed by atoms with Crippen LogP contribution in [0.15, 0.2) is 47.6 Å². The van der Waals surface area contributed by atoms with Crippen LogP contribution in [0, 0.1) is 17.5 Å². The van der Waals surface area contributed by atoms with Gasteiger partial charge < -0.3 is 9.88 Å². The smallest absolute Gasteiger partial charge is 0.234 e. The SMILES string of the molecule is CCn1c(SCC(=O)Nc2ccc(F)cc2F)nnc1-c1ccccc1F. The Labute approximate surface area is 157 Å². The Bertz CT molecular complexity index is 977. The Morgan fingerprint density at radius 3 is 2.59 bits per heavy atom. The molecular weight excluding hydrogens is 377 g/mol. The molecule has 1 aromatic heterocycles. The van der Waals surface area contributed by atoms with E-state index in [0.717, 1.165) is 23.9 Å². The molecule has 0 saturated carbocycles. The molecule has 5 nitrogen and oxygen atoms in total. The lowest BCUT2D eigenvalue weighted by atomic mass is 10.2. The molecule has 0 spiro atoms. The summed E-state index contributed by atoms with van der Waals surface area (Å²) in [7, 11) is 0. The van der Waals surface area contributed by atoms with Crippen molar-refractivity contribution >= 4 is 23.4 Å². The fraction of sp³-hybridized carbons (Fsp3) is 0.167. The van der Waals surface area contributed by atoms with Crippen molar-refractivity contribution in [2.24, 2.45) is 0 Å². The molecule has 2 aromatic carbocycles. The number of aromatic nitrogens is 3. The third kappa shape index (κ3) is 4.30. The lowest BCUT2D eigenvalue weighted by Gasteiger charge is -2.08. The van der Waals surface area contributed by atoms with E-state index in [9.17, 15) is 18.0 Å². The zero-order valence-electron chi connectivity index (χ0n) is 14.2. The molecule has 0 fully saturated rings. The van der Waals surface area contributed by atoms with E-state index in [4.69, 9.17) is 0 Å². The van der Waals surface area contributed by atoms with Crippen molar-refractivity contribution in [2.45, 2.75) is 18.6 Å². The molecule has 140 valence electrons. The molecule has 1 heterocycles. The Balaban J connectivity index is 1.71. The molecule has 0 radical (unpaired) electrons. The Kier molecular flexibility index (Phi) is 5.80. The first kappa shape index (κ1) is 19.0. The van der Waals surface area contributed by atoms with Crippen LogP contribution in [0.1, 0.15) is 6.92 Å². The molecule has 0 saturated heterocycles. The fourth-order valence-electron chi connectivity index (χ4n) is 2.43. The maximum absolute atomic E-state index is 14.0. The standard InChI is InChI=1S/C18H15F3N4OS/c1-2-25-17(12-5-3-4-6-13(12)20)23-24-18(25)27-10-16(26)22-15-8-7-11(19)9-14(15)21/h3-9H,2,10H2,1H3,(H,22,26). The van der Waals surface area contributed by atoms with Gasteiger partial charge in [0.05, 0.1) is 17.0 Å². The molecule has 0 aliphatic heterocycles. The second-order valence-electron chi connectivity index (χ2n) is 5.49. The number of carbonyl (C=O) groups is 1. The third-order valence-electron chi connectivity index (χ3n) is 3.69. The van der Waals surface area contributed by atoms with Gasteiger partial charge in [0, 0.05) is 12.6 Å². The van der Waals surface area contributed by atoms with Crippen LogP contribution in [0.3, 0.4) is 0 Å². The number of nitrogens with zero attached hydrogens (tertiary/aromatic N) is 3. The number of nitrogens with one attached hydrogen (secondary N) is 1. The molecule has 0 unspecified atom stereocenters. The van der Waals surface area contributed by atoms with Crippen LogP contribution in [-0.2, 0) is 11.3 Å². The number of carbonyl (C=O) groups excluding carboxylic acids is 1. The molecular formula is C18H15F3N4OS. The average Bonchev–Trinajstić information content (AvgIpc) is 3.05. The second-order valence-corrected chi connectivity index (χ2v) is 6.43. The Morgan fingerprint density at radius 2 is 1.89 bits per heavy atom. The summed E-state index contributed by atoms with van der Waals surface area (Å²) in [4.78, 5) is 12.0. The summed E-state index contributed by atoms with van der Waals surface area (Å²) >= 11 is 1.09. The van der Waals surface area contributed by atoms with Gasteiger partial charge in [-0.25, -0.2) is 13.2 Å². The second kappa shape index (κ2) is 8.26. The van der Waals surface area contributed by atoms with Crippen molar-refractivity contribution in [3.8, 4) is 11.4 Å². The van der Waals surface area contributed by atoms with E-state index >= 15 is 0 Å². The summed E-state index contributed by atoms with van der Waals surface area (Å²) in [6.45, 7) is 2.33. The van der Waals surface area contributed by atoms with E-state index in [1.165, 1.54) is 6.07 Å². The molecule has 0 aliphatic rings. The van der Waals surface area contributed by atoms with Gasteiger partial charge in [0.1, 0.15) is 17.5 Å². The van der Waals surface area contributed by atoms with Gasteiger partial charge in [-0.05, 0) is 31.2 Å². The van der Waals surface area contributed by atoms with Gasteiger partial charge in [-0.15, -0.1) is 10.2 Å². The lowest BCUT2D eigenvalue weighted by molar-refractivity contribution is -0.113. The van der Waals surface area contributed by atoms with Crippen LogP contribution < -0.4 is 5.32 Å². The Hall–Kier alpha value is -2.81. The zero-order chi connectivity index (χ0) is 19.4. The van der Waals surface area contributed by atoms with Gasteiger partial charge in [-0.2, -0.15) is 0 Å². The summed E-state index contributed by atoms with van der Waals surface area (Å²) < 4.78 is 42.2. The highest BCUT2D eigenvalue weighted by molar-refractivity contribution is 7.99. The Morgan fingerprint density at radius 1 is 1.11 bits per heavy atom. The summed E-state index contributed by atoms with van der Waals surface area (Å²) in [5.41, 5.74) is 0.211. The van der Waals surface area contributed by atoms with Crippen molar-refractivity contribution in [1.29, 1.82) is 0 Å². The van der Waals surface area contributed by atoms with Gasteiger partial charge in [0.15, 0.2) is 11.0 Å². The van der Waals surface area contributed by atoms with Crippen LogP contribution in [0.4, 0.5) is 18.9 Å². The summed E-state index contributed by atoms with van der Waals surface area (Å²) in [5.74, 6) is -2.18. The number of halogens is 3. The third-order valence-corrected chi connectivity index (χ3v) is 4.65. The van der Waals surface area contributed by atoms with E-state index in [-0.39, 0.29) is 11.4 Å². The predicted molar refractivity (Wildman–Crippen MR) is 96.8 cm³/mol. The maximum Gasteiger partial charge on any atom is 0.234 e. The van der Waals surface area contributed by atoms with Crippen molar-refractivity contribution in [3.05, 3.63) is 59.9 Å². The highest BCUT2D eigenvalue weighted by Gasteiger charge is 2.17. The minimum Gasteiger partial charge on any atom is -0.323 e. The topological polar surface area (TPSA) is 59.8 Å². The number of rotatable bonds is 6. The normalized spacial score (nSPS) is 10.8. The maximum atomic E-state index is 14.0. The van der Waals surface area contributed by atoms with Crippen molar-refractivity contribution < 1.29 is 18.0 Å². The summed E-state index contributed by atoms with van der Waals surface area (Å²) in [5, 5.41) is 10.9. The molecule has 0 aliphatic carbocycles. The largest absolute Gasteiger partial charge is 0.323 e. The van der Waals surface area contributed by atoms with Gasteiger partial charge in [-0.1, -0.05) is 23.9 Å². The highest BCUT2D eigenvalue weighted by Crippen LogP contribution is 2.26. The fourth-order valence-corrected chi connectivity index (χ4v) is 3.23. The van der Waals surface area contributed by atoms with Gasteiger partial charge in [0.2, 0.25) is 5.91 Å². The molecule has 9 heteroatoms. The number of anilines is 1. The van der Waals surface area contributed by atoms with E-state index in [1.54, 1.807) is 22.8 Å². The molecule has 1 amide bonds. The van der Waals surface area contributed by atoms with Gasteiger partial charge >= 0.3 is 0 Å². The summed E-state index contributed by atoms with van der Waals surface area (Å²) in [6, 6.07) is 9.12. The molecule has 1 N–H and O–H groups in total. The molecule has 0 bridgehead atoms. The number of hydrogen-bond acceptors (Lipinski definition) is 4. The van der Waals surface area contributed by atoms with Crippen LogP contribution in [0.5, 0.6) is 0 Å². The van der Waals surface area contributed by atoms with Crippen LogP contribution in [-0.4, -0.2) is 26.4 Å². The van der Waals surface area contributed by atoms with Gasteiger partial charge in [0.25, 0.3) is 0 Å². The van der Waals surface area contributed by atoms with Crippen molar-refractivity contribution in [3.63, 3.8) is 0 Å². The molecule has 3 aromatic rings. The minimum atomic E-state index is -0.855. The predicted octanol–water partition coefficient (Wildman–Crippen LogP) is 4.11. The molecule has 0 atom stereocenters. The van der Waals surface area contributed by atoms with E-state index in [1.807, 2.05) is 6.92 Å². The monoisotopic (exact) mass is 392 g/mol. The highest BCUT2D eigenvalue weighted by atomic mass is 32.2. The minimum absolute atomic E-state index is 0.0633. The van der Waals surface area contributed by atoms with Crippen molar-refractivity contribution in [1.82, 2.24) is 14.8 Å². The van der Waals surface area contributed by atoms with E-state index in [2.05, 4.69) is 15.5 Å². The number of thioether (sulfide) groups is 1. The first-order valence-electron chi connectivity index (χ1n) is 8.05. The van der Waals surface area contributed by atoms with Crippen LogP contribution in [0.25, 0.3) is 11.4 Å². The van der Waals surface area contributed by atoms with Gasteiger partial charge in [-0.3, -0.25) is 4.79 Å².